The van der Waals surface area contributed by atoms with Gasteiger partial charge in [0.05, 0.1) is 18.8 Å². The van der Waals surface area contributed by atoms with Gasteiger partial charge in [0.15, 0.2) is 6.29 Å². The minimum absolute atomic E-state index is 0.00760. The molecule has 3 aromatic carbocycles. The van der Waals surface area contributed by atoms with Crippen LogP contribution in [0.2, 0.25) is 0 Å². The van der Waals surface area contributed by atoms with Crippen molar-refractivity contribution in [1.29, 1.82) is 0 Å². The van der Waals surface area contributed by atoms with Crippen molar-refractivity contribution in [3.8, 4) is 11.1 Å². The minimum Gasteiger partial charge on any atom is -0.481 e. The third-order valence-corrected chi connectivity index (χ3v) is 9.21. The Labute approximate surface area is 272 Å². The van der Waals surface area contributed by atoms with Gasteiger partial charge in [-0.15, -0.1) is 0 Å². The Balaban J connectivity index is 1.33. The van der Waals surface area contributed by atoms with Crippen LogP contribution >= 0.6 is 0 Å². The average Bonchev–Trinajstić information content (AvgIpc) is 3.06. The number of carbonyl (C=O) groups is 2. The van der Waals surface area contributed by atoms with Crippen LogP contribution < -0.4 is 5.32 Å². The summed E-state index contributed by atoms with van der Waals surface area (Å²) in [5.74, 6) is -0.905. The lowest BCUT2D eigenvalue weighted by molar-refractivity contribution is -0.276. The highest BCUT2D eigenvalue weighted by molar-refractivity contribution is 5.76. The summed E-state index contributed by atoms with van der Waals surface area (Å²) in [6, 6.07) is 24.4. The predicted octanol–water partition coefficient (Wildman–Crippen LogP) is 6.77. The van der Waals surface area contributed by atoms with E-state index in [9.17, 15) is 14.7 Å². The number of carboxylic acids is 1. The van der Waals surface area contributed by atoms with Crippen LogP contribution in [-0.2, 0) is 32.2 Å². The highest BCUT2D eigenvalue weighted by atomic mass is 16.7. The van der Waals surface area contributed by atoms with Crippen LogP contribution in [0.3, 0.4) is 0 Å². The van der Waals surface area contributed by atoms with Gasteiger partial charge in [0, 0.05) is 37.4 Å². The summed E-state index contributed by atoms with van der Waals surface area (Å²) >= 11 is 0. The van der Waals surface area contributed by atoms with Gasteiger partial charge in [-0.25, -0.2) is 0 Å². The summed E-state index contributed by atoms with van der Waals surface area (Å²) in [7, 11) is 0. The van der Waals surface area contributed by atoms with E-state index in [2.05, 4.69) is 59.6 Å². The van der Waals surface area contributed by atoms with Crippen molar-refractivity contribution < 1.29 is 29.3 Å². The van der Waals surface area contributed by atoms with Gasteiger partial charge in [-0.1, -0.05) is 86.8 Å². The summed E-state index contributed by atoms with van der Waals surface area (Å²) < 4.78 is 13.5. The number of rotatable bonds is 12. The molecular formula is C38H48N2O6. The maximum atomic E-state index is 12.2. The zero-order chi connectivity index (χ0) is 32.3. The molecule has 246 valence electrons. The smallest absolute Gasteiger partial charge is 0.303 e. The lowest BCUT2D eigenvalue weighted by Crippen LogP contribution is -2.45. The fraction of sp³-hybridized carbons (Fsp3) is 0.474. The quantitative estimate of drug-likeness (QED) is 0.203. The number of aliphatic hydroxyl groups is 1. The van der Waals surface area contributed by atoms with Crippen LogP contribution in [-0.4, -0.2) is 52.7 Å². The van der Waals surface area contributed by atoms with E-state index in [0.717, 1.165) is 53.0 Å². The van der Waals surface area contributed by atoms with E-state index in [4.69, 9.17) is 14.6 Å². The molecule has 0 unspecified atom stereocenters. The lowest BCUT2D eigenvalue weighted by atomic mass is 9.89. The molecular weight excluding hydrogens is 580 g/mol. The first-order valence-corrected chi connectivity index (χ1v) is 16.8. The van der Waals surface area contributed by atoms with Gasteiger partial charge in [0.25, 0.3) is 0 Å². The molecule has 4 atom stereocenters. The Bertz CT molecular complexity index is 1420. The number of aliphatic carboxylic acids is 1. The Morgan fingerprint density at radius 2 is 1.52 bits per heavy atom. The number of carbonyl (C=O) groups excluding carboxylic acids is 1. The first kappa shape index (κ1) is 33.8. The van der Waals surface area contributed by atoms with Crippen molar-refractivity contribution in [2.24, 2.45) is 5.92 Å². The number of aliphatic hydroxyl groups excluding tert-OH is 1. The van der Waals surface area contributed by atoms with Crippen LogP contribution in [0.5, 0.6) is 0 Å². The zero-order valence-electron chi connectivity index (χ0n) is 26.9. The fourth-order valence-corrected chi connectivity index (χ4v) is 6.49. The van der Waals surface area contributed by atoms with Gasteiger partial charge >= 0.3 is 5.97 Å². The van der Waals surface area contributed by atoms with E-state index >= 15 is 0 Å². The topological polar surface area (TPSA) is 108 Å². The highest BCUT2D eigenvalue weighted by Gasteiger charge is 2.39. The minimum atomic E-state index is -0.892. The van der Waals surface area contributed by atoms with Crippen LogP contribution in [0.4, 0.5) is 0 Å². The Morgan fingerprint density at radius 1 is 0.826 bits per heavy atom. The SMILES string of the molecule is C[C@@H]1[C@H](CN2CCCCCCC2)O[C@H](c2cccc(-c3cccc(CNC(=O)CCCC(=O)O)c3)c2)O[C@@H]1c1ccc(CO)cc1. The second kappa shape index (κ2) is 16.8. The van der Waals surface area contributed by atoms with Crippen molar-refractivity contribution in [1.82, 2.24) is 10.2 Å². The fourth-order valence-electron chi connectivity index (χ4n) is 6.49. The molecule has 0 aliphatic carbocycles. The van der Waals surface area contributed by atoms with Gasteiger partial charge < -0.3 is 29.9 Å². The molecule has 3 aromatic rings. The molecule has 0 saturated carbocycles. The summed E-state index contributed by atoms with van der Waals surface area (Å²) in [5.41, 5.74) is 5.94. The predicted molar refractivity (Wildman–Crippen MR) is 178 cm³/mol. The number of carboxylic acid groups (broad SMARTS) is 1. The maximum absolute atomic E-state index is 12.2. The number of likely N-dealkylation sites (tertiary alicyclic amines) is 1. The van der Waals surface area contributed by atoms with Crippen molar-refractivity contribution in [2.75, 3.05) is 19.6 Å². The van der Waals surface area contributed by atoms with Gasteiger partial charge in [-0.05, 0) is 72.3 Å². The molecule has 1 amide bonds. The Kier molecular flexibility index (Phi) is 12.4. The van der Waals surface area contributed by atoms with E-state index in [1.807, 2.05) is 30.3 Å². The van der Waals surface area contributed by atoms with Crippen molar-refractivity contribution in [3.63, 3.8) is 0 Å². The molecule has 8 nitrogen and oxygen atoms in total. The summed E-state index contributed by atoms with van der Waals surface area (Å²) in [6.07, 6.45) is 6.16. The molecule has 0 aromatic heterocycles. The summed E-state index contributed by atoms with van der Waals surface area (Å²) in [4.78, 5) is 25.5. The van der Waals surface area contributed by atoms with E-state index in [-0.39, 0.29) is 43.5 Å². The number of hydrogen-bond donors (Lipinski definition) is 3. The van der Waals surface area contributed by atoms with Crippen LogP contribution in [0.25, 0.3) is 11.1 Å². The Morgan fingerprint density at radius 3 is 2.24 bits per heavy atom. The lowest BCUT2D eigenvalue weighted by Gasteiger charge is -2.43. The third kappa shape index (κ3) is 9.48. The second-order valence-electron chi connectivity index (χ2n) is 12.7. The van der Waals surface area contributed by atoms with Gasteiger partial charge in [-0.3, -0.25) is 9.59 Å². The van der Waals surface area contributed by atoms with Crippen molar-refractivity contribution >= 4 is 11.9 Å². The number of ether oxygens (including phenoxy) is 2. The number of amides is 1. The molecule has 0 radical (unpaired) electrons. The summed E-state index contributed by atoms with van der Waals surface area (Å²) in [6.45, 7) is 5.68. The molecule has 5 rings (SSSR count). The van der Waals surface area contributed by atoms with Gasteiger partial charge in [-0.2, -0.15) is 0 Å². The Hall–Kier alpha value is -3.56. The normalized spacial score (nSPS) is 22.5. The number of benzene rings is 3. The standard InChI is InChI=1S/C38H48N2O6/c1-27-34(25-40-20-5-3-2-4-6-21-40)45-38(46-37(27)30-18-16-28(26-41)17-19-30)33-13-8-12-32(23-33)31-11-7-10-29(22-31)24-39-35(42)14-9-15-36(43)44/h7-8,10-13,16-19,22-23,27,34,37-38,41H,2-6,9,14-15,20-21,24-26H2,1H3,(H,39,42)(H,43,44)/t27-,34+,37+,38+/m1/s1. The molecule has 0 spiro atoms. The first-order chi connectivity index (χ1) is 22.4. The number of hydrogen-bond acceptors (Lipinski definition) is 6. The monoisotopic (exact) mass is 628 g/mol. The van der Waals surface area contributed by atoms with Crippen molar-refractivity contribution in [2.45, 2.75) is 89.9 Å². The molecule has 46 heavy (non-hydrogen) atoms. The summed E-state index contributed by atoms with van der Waals surface area (Å²) in [5, 5.41) is 21.3. The van der Waals surface area contributed by atoms with Gasteiger partial charge in [0.1, 0.15) is 0 Å². The molecule has 2 fully saturated rings. The number of nitrogens with one attached hydrogen (secondary N) is 1. The molecule has 2 saturated heterocycles. The van der Waals surface area contributed by atoms with Crippen LogP contribution in [0, 0.1) is 5.92 Å². The molecule has 3 N–H and O–H groups in total. The third-order valence-electron chi connectivity index (χ3n) is 9.21. The molecule has 0 bridgehead atoms. The van der Waals surface area contributed by atoms with E-state index in [1.165, 1.54) is 32.1 Å². The van der Waals surface area contributed by atoms with Gasteiger partial charge in [0.2, 0.25) is 5.91 Å². The molecule has 2 aliphatic rings. The average molecular weight is 629 g/mol. The molecule has 8 heteroatoms. The highest BCUT2D eigenvalue weighted by Crippen LogP contribution is 2.42. The van der Waals surface area contributed by atoms with E-state index in [1.54, 1.807) is 0 Å². The van der Waals surface area contributed by atoms with E-state index in [0.29, 0.717) is 13.0 Å². The van der Waals surface area contributed by atoms with Crippen LogP contribution in [0.15, 0.2) is 72.8 Å². The van der Waals surface area contributed by atoms with Crippen molar-refractivity contribution in [3.05, 3.63) is 95.1 Å². The maximum Gasteiger partial charge on any atom is 0.303 e. The molecule has 2 heterocycles. The zero-order valence-corrected chi connectivity index (χ0v) is 26.9. The largest absolute Gasteiger partial charge is 0.481 e. The van der Waals surface area contributed by atoms with Crippen LogP contribution in [0.1, 0.15) is 92.9 Å². The number of nitrogens with zero attached hydrogens (tertiary/aromatic N) is 1. The van der Waals surface area contributed by atoms with E-state index < -0.39 is 12.3 Å². The first-order valence-electron chi connectivity index (χ1n) is 16.8. The molecule has 2 aliphatic heterocycles. The second-order valence-corrected chi connectivity index (χ2v) is 12.7.